The molecule has 0 bridgehead atoms. The van der Waals surface area contributed by atoms with Crippen molar-refractivity contribution in [3.8, 4) is 28.1 Å². The summed E-state index contributed by atoms with van der Waals surface area (Å²) in [5.74, 6) is 0.244. The molecular weight excluding hydrogens is 274 g/mol. The van der Waals surface area contributed by atoms with Crippen molar-refractivity contribution in [1.82, 2.24) is 15.2 Å². The predicted molar refractivity (Wildman–Crippen MR) is 86.4 cm³/mol. The molecule has 4 nitrogen and oxygen atoms in total. The molecule has 0 atom stereocenters. The number of phenolic OH excluding ortho intramolecular Hbond substituents is 1. The summed E-state index contributed by atoms with van der Waals surface area (Å²) in [4.78, 5) is 4.43. The van der Waals surface area contributed by atoms with E-state index in [1.165, 1.54) is 0 Å². The summed E-state index contributed by atoms with van der Waals surface area (Å²) in [5.41, 5.74) is 4.55. The summed E-state index contributed by atoms with van der Waals surface area (Å²) >= 11 is 0. The van der Waals surface area contributed by atoms with Crippen molar-refractivity contribution in [1.29, 1.82) is 0 Å². The number of aromatic nitrogens is 3. The molecule has 0 aliphatic rings. The lowest BCUT2D eigenvalue weighted by Gasteiger charge is -2.03. The third kappa shape index (κ3) is 2.11. The number of fused-ring (bicyclic) bond motifs is 1. The minimum absolute atomic E-state index is 0.244. The Morgan fingerprint density at radius 3 is 2.45 bits per heavy atom. The Bertz CT molecular complexity index is 945. The molecule has 106 valence electrons. The van der Waals surface area contributed by atoms with E-state index in [9.17, 15) is 5.11 Å². The van der Waals surface area contributed by atoms with Crippen molar-refractivity contribution in [3.05, 3.63) is 66.9 Å². The highest BCUT2D eigenvalue weighted by atomic mass is 16.3. The number of benzene rings is 2. The van der Waals surface area contributed by atoms with Crippen LogP contribution in [0.3, 0.4) is 0 Å². The van der Waals surface area contributed by atoms with Gasteiger partial charge < -0.3 is 5.11 Å². The van der Waals surface area contributed by atoms with Crippen LogP contribution < -0.4 is 0 Å². The van der Waals surface area contributed by atoms with Gasteiger partial charge in [-0.25, -0.2) is 4.98 Å². The molecule has 22 heavy (non-hydrogen) atoms. The quantitative estimate of drug-likeness (QED) is 0.586. The average molecular weight is 287 g/mol. The number of nitrogens with zero attached hydrogens (tertiary/aromatic N) is 2. The van der Waals surface area contributed by atoms with Crippen molar-refractivity contribution in [2.24, 2.45) is 0 Å². The standard InChI is InChI=1S/C18H13N3O/c22-15-8-4-7-13(9-15)14-10-16-17(12-5-2-1-3-6-12)20-21-18(16)19-11-14/h1-11,22H,(H,19,20,21). The Balaban J connectivity index is 1.90. The highest BCUT2D eigenvalue weighted by Crippen LogP contribution is 2.29. The van der Waals surface area contributed by atoms with Crippen LogP contribution in [0.2, 0.25) is 0 Å². The number of pyridine rings is 1. The number of phenols is 1. The minimum Gasteiger partial charge on any atom is -0.508 e. The molecule has 2 aromatic carbocycles. The van der Waals surface area contributed by atoms with Crippen LogP contribution in [0, 0.1) is 0 Å². The number of H-pyrrole nitrogens is 1. The molecule has 4 heteroatoms. The molecule has 0 radical (unpaired) electrons. The van der Waals surface area contributed by atoms with Crippen LogP contribution in [0.15, 0.2) is 66.9 Å². The van der Waals surface area contributed by atoms with E-state index < -0.39 is 0 Å². The second kappa shape index (κ2) is 5.00. The Kier molecular flexibility index (Phi) is 2.86. The van der Waals surface area contributed by atoms with Crippen molar-refractivity contribution >= 4 is 11.0 Å². The van der Waals surface area contributed by atoms with Gasteiger partial charge in [-0.1, -0.05) is 42.5 Å². The maximum Gasteiger partial charge on any atom is 0.155 e. The molecule has 4 aromatic rings. The van der Waals surface area contributed by atoms with E-state index in [4.69, 9.17) is 0 Å². The molecule has 0 fully saturated rings. The largest absolute Gasteiger partial charge is 0.508 e. The lowest BCUT2D eigenvalue weighted by molar-refractivity contribution is 0.475. The maximum atomic E-state index is 9.64. The molecule has 0 amide bonds. The first kappa shape index (κ1) is 12.6. The second-order valence-electron chi connectivity index (χ2n) is 5.11. The smallest absolute Gasteiger partial charge is 0.155 e. The van der Waals surface area contributed by atoms with Gasteiger partial charge in [-0.05, 0) is 23.8 Å². The molecule has 2 N–H and O–H groups in total. The van der Waals surface area contributed by atoms with E-state index >= 15 is 0 Å². The van der Waals surface area contributed by atoms with Crippen LogP contribution in [0.25, 0.3) is 33.4 Å². The number of nitrogens with one attached hydrogen (secondary N) is 1. The van der Waals surface area contributed by atoms with Gasteiger partial charge in [0.05, 0.1) is 0 Å². The zero-order valence-corrected chi connectivity index (χ0v) is 11.7. The van der Waals surface area contributed by atoms with E-state index in [1.807, 2.05) is 48.5 Å². The van der Waals surface area contributed by atoms with E-state index in [-0.39, 0.29) is 5.75 Å². The van der Waals surface area contributed by atoms with Crippen molar-refractivity contribution < 1.29 is 5.11 Å². The zero-order valence-electron chi connectivity index (χ0n) is 11.7. The Hall–Kier alpha value is -3.14. The van der Waals surface area contributed by atoms with Gasteiger partial charge in [0.2, 0.25) is 0 Å². The molecule has 2 heterocycles. The molecule has 4 rings (SSSR count). The van der Waals surface area contributed by atoms with Gasteiger partial charge in [-0.3, -0.25) is 5.10 Å². The third-order valence-electron chi connectivity index (χ3n) is 3.64. The van der Waals surface area contributed by atoms with Crippen LogP contribution in [0.5, 0.6) is 5.75 Å². The van der Waals surface area contributed by atoms with Gasteiger partial charge in [0.1, 0.15) is 11.4 Å². The Morgan fingerprint density at radius 1 is 0.818 bits per heavy atom. The number of hydrogen-bond acceptors (Lipinski definition) is 3. The van der Waals surface area contributed by atoms with Crippen molar-refractivity contribution in [2.75, 3.05) is 0 Å². The highest BCUT2D eigenvalue weighted by Gasteiger charge is 2.10. The zero-order chi connectivity index (χ0) is 14.9. The Labute approximate surface area is 127 Å². The fraction of sp³-hybridized carbons (Fsp3) is 0. The number of aromatic hydroxyl groups is 1. The summed E-state index contributed by atoms with van der Waals surface area (Å²) < 4.78 is 0. The molecule has 0 saturated carbocycles. The van der Waals surface area contributed by atoms with E-state index in [0.717, 1.165) is 33.4 Å². The summed E-state index contributed by atoms with van der Waals surface area (Å²) in [5, 5.41) is 18.0. The van der Waals surface area contributed by atoms with Gasteiger partial charge >= 0.3 is 0 Å². The number of rotatable bonds is 2. The normalized spacial score (nSPS) is 10.9. The molecule has 0 unspecified atom stereocenters. The Morgan fingerprint density at radius 2 is 1.64 bits per heavy atom. The fourth-order valence-electron chi connectivity index (χ4n) is 2.56. The SMILES string of the molecule is Oc1cccc(-c2cnc3[nH]nc(-c4ccccc4)c3c2)c1. The lowest BCUT2D eigenvalue weighted by Crippen LogP contribution is -1.82. The maximum absolute atomic E-state index is 9.64. The van der Waals surface area contributed by atoms with Gasteiger partial charge in [-0.2, -0.15) is 5.10 Å². The summed E-state index contributed by atoms with van der Waals surface area (Å²) in [7, 11) is 0. The number of hydrogen-bond donors (Lipinski definition) is 2. The second-order valence-corrected chi connectivity index (χ2v) is 5.11. The first-order chi connectivity index (χ1) is 10.8. The van der Waals surface area contributed by atoms with Gasteiger partial charge in [-0.15, -0.1) is 0 Å². The monoisotopic (exact) mass is 287 g/mol. The first-order valence-corrected chi connectivity index (χ1v) is 7.00. The molecule has 0 aliphatic heterocycles. The van der Waals surface area contributed by atoms with Gasteiger partial charge in [0.15, 0.2) is 5.65 Å². The van der Waals surface area contributed by atoms with Gasteiger partial charge in [0, 0.05) is 22.7 Å². The van der Waals surface area contributed by atoms with Crippen molar-refractivity contribution in [3.63, 3.8) is 0 Å². The average Bonchev–Trinajstić information content (AvgIpc) is 2.99. The van der Waals surface area contributed by atoms with Crippen LogP contribution in [0.1, 0.15) is 0 Å². The van der Waals surface area contributed by atoms with Crippen LogP contribution in [-0.2, 0) is 0 Å². The third-order valence-corrected chi connectivity index (χ3v) is 3.64. The fourth-order valence-corrected chi connectivity index (χ4v) is 2.56. The molecular formula is C18H13N3O. The van der Waals surface area contributed by atoms with Crippen LogP contribution in [0.4, 0.5) is 0 Å². The number of aromatic amines is 1. The van der Waals surface area contributed by atoms with E-state index in [1.54, 1.807) is 18.3 Å². The molecule has 0 aliphatic carbocycles. The van der Waals surface area contributed by atoms with Crippen LogP contribution >= 0.6 is 0 Å². The molecule has 2 aromatic heterocycles. The summed E-state index contributed by atoms with van der Waals surface area (Å²) in [6, 6.07) is 19.2. The summed E-state index contributed by atoms with van der Waals surface area (Å²) in [6.07, 6.45) is 1.78. The topological polar surface area (TPSA) is 61.8 Å². The van der Waals surface area contributed by atoms with E-state index in [0.29, 0.717) is 0 Å². The van der Waals surface area contributed by atoms with Gasteiger partial charge in [0.25, 0.3) is 0 Å². The van der Waals surface area contributed by atoms with Crippen LogP contribution in [-0.4, -0.2) is 20.3 Å². The molecule has 0 saturated heterocycles. The first-order valence-electron chi connectivity index (χ1n) is 7.00. The van der Waals surface area contributed by atoms with E-state index in [2.05, 4.69) is 15.2 Å². The van der Waals surface area contributed by atoms with Crippen molar-refractivity contribution in [2.45, 2.75) is 0 Å². The summed E-state index contributed by atoms with van der Waals surface area (Å²) in [6.45, 7) is 0. The predicted octanol–water partition coefficient (Wildman–Crippen LogP) is 4.00. The lowest BCUT2D eigenvalue weighted by atomic mass is 10.0. The molecule has 0 spiro atoms. The highest BCUT2D eigenvalue weighted by molar-refractivity contribution is 5.93. The minimum atomic E-state index is 0.244.